The van der Waals surface area contributed by atoms with Crippen molar-refractivity contribution in [1.82, 2.24) is 14.8 Å². The first-order chi connectivity index (χ1) is 10.7. The first-order valence-electron chi connectivity index (χ1n) is 6.91. The first kappa shape index (κ1) is 16.5. The number of ketones is 1. The molecule has 1 aromatic carbocycles. The van der Waals surface area contributed by atoms with E-state index in [-0.39, 0.29) is 5.78 Å². The molecule has 6 nitrogen and oxygen atoms in total. The number of aromatic nitrogens is 3. The van der Waals surface area contributed by atoms with Gasteiger partial charge in [0.15, 0.2) is 10.9 Å². The Morgan fingerprint density at radius 2 is 2.23 bits per heavy atom. The highest BCUT2D eigenvalue weighted by atomic mass is 32.2. The Labute approximate surface area is 133 Å². The fraction of sp³-hybridized carbons (Fsp3) is 0.400. The second-order valence-corrected chi connectivity index (χ2v) is 5.54. The van der Waals surface area contributed by atoms with E-state index in [1.54, 1.807) is 32.7 Å². The van der Waals surface area contributed by atoms with Crippen molar-refractivity contribution in [2.45, 2.75) is 18.1 Å². The predicted octanol–water partition coefficient (Wildman–Crippen LogP) is 2.30. The number of nitrogens with zero attached hydrogens (tertiary/aromatic N) is 3. The summed E-state index contributed by atoms with van der Waals surface area (Å²) in [6, 6.07) is 7.15. The molecule has 7 heteroatoms. The molecule has 0 saturated carbocycles. The molecule has 0 unspecified atom stereocenters. The molecule has 0 atom stereocenters. The highest BCUT2D eigenvalue weighted by Crippen LogP contribution is 2.19. The van der Waals surface area contributed by atoms with E-state index in [2.05, 4.69) is 10.2 Å². The Morgan fingerprint density at radius 3 is 3.00 bits per heavy atom. The summed E-state index contributed by atoms with van der Waals surface area (Å²) in [7, 11) is 3.26. The van der Waals surface area contributed by atoms with Crippen molar-refractivity contribution in [1.29, 1.82) is 0 Å². The molecule has 0 radical (unpaired) electrons. The van der Waals surface area contributed by atoms with Crippen LogP contribution >= 0.6 is 11.8 Å². The van der Waals surface area contributed by atoms with E-state index < -0.39 is 0 Å². The number of Topliss-reactive ketones (excluding diaryl/α,β-unsaturated/α-hetero) is 1. The van der Waals surface area contributed by atoms with Crippen molar-refractivity contribution >= 4 is 17.5 Å². The van der Waals surface area contributed by atoms with Crippen molar-refractivity contribution < 1.29 is 14.3 Å². The summed E-state index contributed by atoms with van der Waals surface area (Å²) in [5.74, 6) is 1.03. The Morgan fingerprint density at radius 1 is 1.36 bits per heavy atom. The second kappa shape index (κ2) is 8.55. The molecule has 0 spiro atoms. The summed E-state index contributed by atoms with van der Waals surface area (Å²) >= 11 is 1.39. The summed E-state index contributed by atoms with van der Waals surface area (Å²) in [5.41, 5.74) is 0.636. The van der Waals surface area contributed by atoms with Gasteiger partial charge in [0.2, 0.25) is 0 Å². The fourth-order valence-electron chi connectivity index (χ4n) is 1.90. The van der Waals surface area contributed by atoms with Gasteiger partial charge < -0.3 is 14.0 Å². The number of ether oxygens (including phenoxy) is 2. The van der Waals surface area contributed by atoms with Gasteiger partial charge in [-0.1, -0.05) is 23.9 Å². The third-order valence-corrected chi connectivity index (χ3v) is 4.03. The van der Waals surface area contributed by atoms with E-state index in [1.165, 1.54) is 11.8 Å². The molecule has 0 saturated heterocycles. The molecule has 22 heavy (non-hydrogen) atoms. The SMILES string of the molecule is COCCCn1cnnc1SCC(=O)c1cccc(OC)c1. The molecule has 2 aromatic rings. The van der Waals surface area contributed by atoms with Crippen LogP contribution in [0.1, 0.15) is 16.8 Å². The quantitative estimate of drug-likeness (QED) is 0.401. The maximum Gasteiger partial charge on any atom is 0.191 e. The number of hydrogen-bond acceptors (Lipinski definition) is 6. The maximum atomic E-state index is 12.2. The van der Waals surface area contributed by atoms with Crippen LogP contribution in [0.25, 0.3) is 0 Å². The predicted molar refractivity (Wildman–Crippen MR) is 84.6 cm³/mol. The number of benzene rings is 1. The van der Waals surface area contributed by atoms with Gasteiger partial charge in [0.1, 0.15) is 12.1 Å². The molecule has 0 aliphatic carbocycles. The fourth-order valence-corrected chi connectivity index (χ4v) is 2.73. The van der Waals surface area contributed by atoms with Crippen molar-refractivity contribution in [3.63, 3.8) is 0 Å². The number of aryl methyl sites for hydroxylation is 1. The van der Waals surface area contributed by atoms with Crippen LogP contribution in [0.4, 0.5) is 0 Å². The van der Waals surface area contributed by atoms with Gasteiger partial charge in [0.05, 0.1) is 12.9 Å². The van der Waals surface area contributed by atoms with Gasteiger partial charge in [-0.3, -0.25) is 4.79 Å². The van der Waals surface area contributed by atoms with Crippen LogP contribution in [-0.2, 0) is 11.3 Å². The van der Waals surface area contributed by atoms with Crippen molar-refractivity contribution in [2.75, 3.05) is 26.6 Å². The summed E-state index contributed by atoms with van der Waals surface area (Å²) < 4.78 is 12.1. The van der Waals surface area contributed by atoms with E-state index in [0.29, 0.717) is 23.7 Å². The molecule has 0 aliphatic rings. The van der Waals surface area contributed by atoms with Crippen LogP contribution in [0.5, 0.6) is 5.75 Å². The van der Waals surface area contributed by atoms with E-state index >= 15 is 0 Å². The van der Waals surface area contributed by atoms with Crippen LogP contribution in [0, 0.1) is 0 Å². The summed E-state index contributed by atoms with van der Waals surface area (Å²) in [5, 5.41) is 8.69. The molecule has 1 aromatic heterocycles. The summed E-state index contributed by atoms with van der Waals surface area (Å²) in [6.45, 7) is 1.46. The number of carbonyl (C=O) groups is 1. The minimum atomic E-state index is 0.0374. The van der Waals surface area contributed by atoms with E-state index in [9.17, 15) is 4.79 Å². The van der Waals surface area contributed by atoms with E-state index in [1.807, 2.05) is 16.7 Å². The standard InChI is InChI=1S/C15H19N3O3S/c1-20-8-4-7-18-11-16-17-15(18)22-10-14(19)12-5-3-6-13(9-12)21-2/h3,5-6,9,11H,4,7-8,10H2,1-2H3. The average molecular weight is 321 g/mol. The normalized spacial score (nSPS) is 10.6. The Kier molecular flexibility index (Phi) is 6.42. The Balaban J connectivity index is 1.92. The molecule has 0 amide bonds. The molecule has 2 rings (SSSR count). The van der Waals surface area contributed by atoms with Crippen molar-refractivity contribution in [2.24, 2.45) is 0 Å². The molecule has 0 fully saturated rings. The maximum absolute atomic E-state index is 12.2. The highest BCUT2D eigenvalue weighted by molar-refractivity contribution is 7.99. The van der Waals surface area contributed by atoms with Crippen LogP contribution < -0.4 is 4.74 Å². The number of carbonyl (C=O) groups excluding carboxylic acids is 1. The monoisotopic (exact) mass is 321 g/mol. The number of methoxy groups -OCH3 is 2. The summed E-state index contributed by atoms with van der Waals surface area (Å²) in [4.78, 5) is 12.2. The van der Waals surface area contributed by atoms with Crippen molar-refractivity contribution in [3.05, 3.63) is 36.2 Å². The first-order valence-corrected chi connectivity index (χ1v) is 7.90. The van der Waals surface area contributed by atoms with Gasteiger partial charge in [0, 0.05) is 25.8 Å². The van der Waals surface area contributed by atoms with Crippen molar-refractivity contribution in [3.8, 4) is 5.75 Å². The number of hydrogen-bond donors (Lipinski definition) is 0. The van der Waals surface area contributed by atoms with Crippen LogP contribution in [0.2, 0.25) is 0 Å². The minimum Gasteiger partial charge on any atom is -0.497 e. The molecule has 1 heterocycles. The number of rotatable bonds is 9. The second-order valence-electron chi connectivity index (χ2n) is 4.60. The zero-order valence-corrected chi connectivity index (χ0v) is 13.5. The molecule has 0 N–H and O–H groups in total. The van der Waals surface area contributed by atoms with Gasteiger partial charge in [-0.25, -0.2) is 0 Å². The Bertz CT molecular complexity index is 616. The van der Waals surface area contributed by atoms with E-state index in [0.717, 1.165) is 18.1 Å². The highest BCUT2D eigenvalue weighted by Gasteiger charge is 2.11. The van der Waals surface area contributed by atoms with Gasteiger partial charge in [-0.2, -0.15) is 0 Å². The molecule has 0 aliphatic heterocycles. The average Bonchev–Trinajstić information content (AvgIpc) is 3.00. The smallest absolute Gasteiger partial charge is 0.191 e. The van der Waals surface area contributed by atoms with Crippen LogP contribution in [0.3, 0.4) is 0 Å². The van der Waals surface area contributed by atoms with Gasteiger partial charge in [0.25, 0.3) is 0 Å². The molecular formula is C15H19N3O3S. The lowest BCUT2D eigenvalue weighted by molar-refractivity contribution is 0.102. The zero-order chi connectivity index (χ0) is 15.8. The lowest BCUT2D eigenvalue weighted by Gasteiger charge is -2.06. The third-order valence-electron chi connectivity index (χ3n) is 3.05. The van der Waals surface area contributed by atoms with Gasteiger partial charge in [-0.15, -0.1) is 10.2 Å². The molecular weight excluding hydrogens is 302 g/mol. The van der Waals surface area contributed by atoms with Crippen LogP contribution in [-0.4, -0.2) is 47.1 Å². The zero-order valence-electron chi connectivity index (χ0n) is 12.7. The van der Waals surface area contributed by atoms with Gasteiger partial charge in [-0.05, 0) is 18.6 Å². The summed E-state index contributed by atoms with van der Waals surface area (Å²) in [6.07, 6.45) is 2.56. The third kappa shape index (κ3) is 4.57. The topological polar surface area (TPSA) is 66.2 Å². The largest absolute Gasteiger partial charge is 0.497 e. The Hall–Kier alpha value is -1.86. The van der Waals surface area contributed by atoms with E-state index in [4.69, 9.17) is 9.47 Å². The lowest BCUT2D eigenvalue weighted by atomic mass is 10.1. The molecule has 118 valence electrons. The minimum absolute atomic E-state index is 0.0374. The lowest BCUT2D eigenvalue weighted by Crippen LogP contribution is -2.06. The van der Waals surface area contributed by atoms with Crippen LogP contribution in [0.15, 0.2) is 35.7 Å². The number of thioether (sulfide) groups is 1. The van der Waals surface area contributed by atoms with Gasteiger partial charge >= 0.3 is 0 Å². The molecule has 0 bridgehead atoms.